The van der Waals surface area contributed by atoms with Crippen molar-refractivity contribution < 1.29 is 4.74 Å². The summed E-state index contributed by atoms with van der Waals surface area (Å²) in [6.07, 6.45) is 5.86. The average Bonchev–Trinajstić information content (AvgIpc) is 2.34. The van der Waals surface area contributed by atoms with E-state index in [1.165, 1.54) is 19.3 Å². The predicted octanol–water partition coefficient (Wildman–Crippen LogP) is 2.36. The van der Waals surface area contributed by atoms with Crippen LogP contribution in [0.1, 0.15) is 19.3 Å². The highest BCUT2D eigenvalue weighted by molar-refractivity contribution is 9.10. The zero-order valence-electron chi connectivity index (χ0n) is 9.03. The van der Waals surface area contributed by atoms with E-state index in [0.29, 0.717) is 12.1 Å². The Morgan fingerprint density at radius 2 is 2.31 bits per heavy atom. The van der Waals surface area contributed by atoms with E-state index in [-0.39, 0.29) is 0 Å². The Labute approximate surface area is 104 Å². The van der Waals surface area contributed by atoms with Crippen molar-refractivity contribution in [2.75, 3.05) is 6.54 Å². The molecule has 1 N–H and O–H groups in total. The van der Waals surface area contributed by atoms with E-state index in [9.17, 15) is 0 Å². The van der Waals surface area contributed by atoms with E-state index in [2.05, 4.69) is 26.2 Å². The van der Waals surface area contributed by atoms with Gasteiger partial charge >= 0.3 is 0 Å². The van der Waals surface area contributed by atoms with E-state index < -0.39 is 0 Å². The van der Waals surface area contributed by atoms with Gasteiger partial charge in [0, 0.05) is 22.8 Å². The second kappa shape index (κ2) is 4.34. The molecule has 0 amide bonds. The Balaban J connectivity index is 1.68. The molecule has 2 bridgehead atoms. The largest absolute Gasteiger partial charge is 0.473 e. The lowest BCUT2D eigenvalue weighted by atomic mass is 9.79. The highest BCUT2D eigenvalue weighted by atomic mass is 79.9. The van der Waals surface area contributed by atoms with Crippen LogP contribution in [0.15, 0.2) is 22.8 Å². The Bertz CT molecular complexity index is 360. The van der Waals surface area contributed by atoms with Crippen LogP contribution in [-0.4, -0.2) is 23.7 Å². The van der Waals surface area contributed by atoms with Crippen molar-refractivity contribution in [1.82, 2.24) is 10.3 Å². The zero-order chi connectivity index (χ0) is 11.0. The molecule has 0 unspecified atom stereocenters. The summed E-state index contributed by atoms with van der Waals surface area (Å²) in [5, 5.41) is 3.54. The fourth-order valence-corrected chi connectivity index (χ4v) is 2.90. The molecule has 1 aliphatic carbocycles. The highest BCUT2D eigenvalue weighted by Gasteiger charge is 2.36. The van der Waals surface area contributed by atoms with Crippen molar-refractivity contribution in [3.05, 3.63) is 22.8 Å². The molecule has 3 atom stereocenters. The van der Waals surface area contributed by atoms with Gasteiger partial charge in [-0.2, -0.15) is 0 Å². The van der Waals surface area contributed by atoms with Crippen molar-refractivity contribution in [3.8, 4) is 5.88 Å². The fraction of sp³-hybridized carbons (Fsp3) is 0.583. The van der Waals surface area contributed by atoms with Crippen LogP contribution < -0.4 is 10.1 Å². The third-order valence-corrected chi connectivity index (χ3v) is 4.01. The quantitative estimate of drug-likeness (QED) is 0.904. The summed E-state index contributed by atoms with van der Waals surface area (Å²) in [5.41, 5.74) is 0. The second-order valence-corrected chi connectivity index (χ2v) is 5.58. The van der Waals surface area contributed by atoms with E-state index in [4.69, 9.17) is 4.74 Å². The predicted molar refractivity (Wildman–Crippen MR) is 65.5 cm³/mol. The van der Waals surface area contributed by atoms with Crippen LogP contribution in [0.4, 0.5) is 0 Å². The normalized spacial score (nSPS) is 32.7. The third-order valence-electron chi connectivity index (χ3n) is 3.54. The minimum atomic E-state index is 0.307. The van der Waals surface area contributed by atoms with Crippen LogP contribution in [0, 0.1) is 5.92 Å². The van der Waals surface area contributed by atoms with Crippen molar-refractivity contribution in [2.45, 2.75) is 31.4 Å². The van der Waals surface area contributed by atoms with E-state index in [1.807, 2.05) is 12.1 Å². The number of piperidine rings is 2. The summed E-state index contributed by atoms with van der Waals surface area (Å²) in [4.78, 5) is 4.26. The standard InChI is InChI=1S/C12H15BrN2O/c13-9-2-4-12(15-7-9)16-11-5-8-1-3-10(11)14-6-8/h2,4,7-8,10-11,14H,1,3,5-6H2/t8-,10+,11-/m1/s1. The maximum atomic E-state index is 5.95. The van der Waals surface area contributed by atoms with Gasteiger partial charge in [-0.15, -0.1) is 0 Å². The monoisotopic (exact) mass is 282 g/mol. The molecule has 3 heterocycles. The lowest BCUT2D eigenvalue weighted by Gasteiger charge is -2.42. The number of halogens is 1. The van der Waals surface area contributed by atoms with Gasteiger partial charge in [-0.25, -0.2) is 4.98 Å². The van der Waals surface area contributed by atoms with Crippen LogP contribution in [0.3, 0.4) is 0 Å². The molecule has 0 aromatic carbocycles. The first-order valence-corrected chi connectivity index (χ1v) is 6.62. The summed E-state index contributed by atoms with van der Waals surface area (Å²) < 4.78 is 6.94. The van der Waals surface area contributed by atoms with Crippen LogP contribution in [-0.2, 0) is 0 Å². The van der Waals surface area contributed by atoms with Crippen molar-refractivity contribution in [3.63, 3.8) is 0 Å². The van der Waals surface area contributed by atoms with Crippen LogP contribution in [0.5, 0.6) is 5.88 Å². The fourth-order valence-electron chi connectivity index (χ4n) is 2.67. The van der Waals surface area contributed by atoms with E-state index >= 15 is 0 Å². The lowest BCUT2D eigenvalue weighted by molar-refractivity contribution is 0.0466. The van der Waals surface area contributed by atoms with Gasteiger partial charge in [-0.3, -0.25) is 0 Å². The molecule has 0 spiro atoms. The van der Waals surface area contributed by atoms with Crippen LogP contribution >= 0.6 is 15.9 Å². The highest BCUT2D eigenvalue weighted by Crippen LogP contribution is 2.31. The van der Waals surface area contributed by atoms with Crippen molar-refractivity contribution >= 4 is 15.9 Å². The van der Waals surface area contributed by atoms with Gasteiger partial charge in [0.2, 0.25) is 5.88 Å². The minimum absolute atomic E-state index is 0.307. The molecular weight excluding hydrogens is 268 g/mol. The lowest BCUT2D eigenvalue weighted by Crippen LogP contribution is -2.55. The molecule has 1 saturated carbocycles. The number of ether oxygens (including phenoxy) is 1. The first-order chi connectivity index (χ1) is 7.81. The Kier molecular flexibility index (Phi) is 2.86. The summed E-state index contributed by atoms with van der Waals surface area (Å²) in [5.74, 6) is 1.54. The number of rotatable bonds is 2. The molecule has 3 fully saturated rings. The first-order valence-electron chi connectivity index (χ1n) is 5.83. The van der Waals surface area contributed by atoms with E-state index in [1.54, 1.807) is 6.20 Å². The number of pyridine rings is 1. The topological polar surface area (TPSA) is 34.1 Å². The Morgan fingerprint density at radius 3 is 2.88 bits per heavy atom. The zero-order valence-corrected chi connectivity index (χ0v) is 10.6. The molecule has 2 aliphatic heterocycles. The number of hydrogen-bond acceptors (Lipinski definition) is 3. The van der Waals surface area contributed by atoms with Gasteiger partial charge in [0.15, 0.2) is 0 Å². The number of aromatic nitrogens is 1. The third kappa shape index (κ3) is 2.09. The SMILES string of the molecule is Brc1ccc(O[C@@H]2C[C@H]3CC[C@@H]2NC3)nc1. The van der Waals surface area contributed by atoms with Crippen molar-refractivity contribution in [2.24, 2.45) is 5.92 Å². The van der Waals surface area contributed by atoms with Crippen LogP contribution in [0.2, 0.25) is 0 Å². The molecule has 3 aliphatic rings. The second-order valence-electron chi connectivity index (χ2n) is 4.66. The number of nitrogens with one attached hydrogen (secondary N) is 1. The van der Waals surface area contributed by atoms with Crippen molar-refractivity contribution in [1.29, 1.82) is 0 Å². The molecule has 86 valence electrons. The maximum absolute atomic E-state index is 5.95. The van der Waals surface area contributed by atoms with Gasteiger partial charge in [-0.05, 0) is 53.7 Å². The molecule has 1 aromatic heterocycles. The summed E-state index contributed by atoms with van der Waals surface area (Å²) in [6, 6.07) is 4.42. The molecule has 4 rings (SSSR count). The molecule has 0 radical (unpaired) electrons. The minimum Gasteiger partial charge on any atom is -0.473 e. The molecule has 2 saturated heterocycles. The smallest absolute Gasteiger partial charge is 0.213 e. The first kappa shape index (κ1) is 10.5. The Morgan fingerprint density at radius 1 is 1.38 bits per heavy atom. The molecule has 16 heavy (non-hydrogen) atoms. The summed E-state index contributed by atoms with van der Waals surface area (Å²) in [6.45, 7) is 1.16. The maximum Gasteiger partial charge on any atom is 0.213 e. The van der Waals surface area contributed by atoms with E-state index in [0.717, 1.165) is 22.8 Å². The average molecular weight is 283 g/mol. The van der Waals surface area contributed by atoms with Gasteiger partial charge < -0.3 is 10.1 Å². The molecule has 4 heteroatoms. The summed E-state index contributed by atoms with van der Waals surface area (Å²) in [7, 11) is 0. The van der Waals surface area contributed by atoms with Crippen LogP contribution in [0.25, 0.3) is 0 Å². The molecule has 3 nitrogen and oxygen atoms in total. The van der Waals surface area contributed by atoms with Gasteiger partial charge in [0.1, 0.15) is 6.10 Å². The molecule has 1 aromatic rings. The number of fused-ring (bicyclic) bond motifs is 3. The summed E-state index contributed by atoms with van der Waals surface area (Å²) >= 11 is 3.37. The van der Waals surface area contributed by atoms with Gasteiger partial charge in [-0.1, -0.05) is 0 Å². The molecular formula is C12H15BrN2O. The number of nitrogens with zero attached hydrogens (tertiary/aromatic N) is 1. The van der Waals surface area contributed by atoms with Gasteiger partial charge in [0.25, 0.3) is 0 Å². The van der Waals surface area contributed by atoms with Gasteiger partial charge in [0.05, 0.1) is 0 Å². The Hall–Kier alpha value is -0.610. The number of hydrogen-bond donors (Lipinski definition) is 1.